The van der Waals surface area contributed by atoms with Gasteiger partial charge in [-0.05, 0) is 61.2 Å². The molecule has 0 aromatic heterocycles. The number of carbonyl (C=O) groups is 2. The summed E-state index contributed by atoms with van der Waals surface area (Å²) in [5.74, 6) is 6.04. The van der Waals surface area contributed by atoms with E-state index in [0.717, 1.165) is 38.5 Å². The molecule has 2 rings (SSSR count). The van der Waals surface area contributed by atoms with E-state index in [4.69, 9.17) is 22.3 Å². The highest BCUT2D eigenvalue weighted by Crippen LogP contribution is 2.40. The average molecular weight is 457 g/mol. The smallest absolute Gasteiger partial charge is 0.325 e. The zero-order chi connectivity index (χ0) is 24.8. The molecular weight excluding hydrogens is 412 g/mol. The summed E-state index contributed by atoms with van der Waals surface area (Å²) < 4.78 is 12.2. The molecule has 2 saturated carbocycles. The Labute approximate surface area is 201 Å². The molecule has 4 heteroatoms. The molecule has 2 aliphatic carbocycles. The lowest BCUT2D eigenvalue weighted by atomic mass is 9.74. The highest BCUT2D eigenvalue weighted by atomic mass is 16.6. The molecule has 0 N–H and O–H groups in total. The van der Waals surface area contributed by atoms with Crippen molar-refractivity contribution in [1.29, 1.82) is 0 Å². The number of esters is 2. The Bertz CT molecular complexity index is 689. The van der Waals surface area contributed by atoms with E-state index in [1.54, 1.807) is 0 Å². The third-order valence-corrected chi connectivity index (χ3v) is 8.03. The summed E-state index contributed by atoms with van der Waals surface area (Å²) in [5, 5.41) is 0. The van der Waals surface area contributed by atoms with Crippen molar-refractivity contribution in [2.45, 2.75) is 105 Å². The number of carbonyl (C=O) groups excluding carboxylic acids is 2. The fraction of sp³-hybridized carbons (Fsp3) is 0.793. The standard InChI is InChI=1S/C29H44O4/c1-9-15-29(16-10-2,27(30)32-25-17-21(7)11-13-23(25)19(3)4)28(31)33-26-18-22(8)12-14-24(26)20(5)6/h1-2,19-26H,11-18H2,3-8H3/t21-,22-,23+,24+,25-,26-/m0/s1. The SMILES string of the molecule is C#CCC(CC#C)(C(=O)O[C@H]1C[C@@H](C)CC[C@@H]1C(C)C)C(=O)O[C@H]1C[C@@H](C)CC[C@@H]1C(C)C. The van der Waals surface area contributed by atoms with Gasteiger partial charge in [0.05, 0.1) is 0 Å². The molecule has 0 saturated heterocycles. The maximum Gasteiger partial charge on any atom is 0.325 e. The minimum atomic E-state index is -1.64. The van der Waals surface area contributed by atoms with E-state index in [1.165, 1.54) is 0 Å². The second-order valence-corrected chi connectivity index (χ2v) is 11.4. The third kappa shape index (κ3) is 6.56. The van der Waals surface area contributed by atoms with E-state index in [0.29, 0.717) is 23.7 Å². The molecule has 2 aliphatic rings. The lowest BCUT2D eigenvalue weighted by Crippen LogP contribution is -2.48. The summed E-state index contributed by atoms with van der Waals surface area (Å²) in [7, 11) is 0. The topological polar surface area (TPSA) is 52.6 Å². The minimum Gasteiger partial charge on any atom is -0.461 e. The molecule has 0 spiro atoms. The first-order chi connectivity index (χ1) is 15.5. The average Bonchev–Trinajstić information content (AvgIpc) is 2.73. The van der Waals surface area contributed by atoms with Gasteiger partial charge in [0, 0.05) is 12.8 Å². The van der Waals surface area contributed by atoms with Crippen LogP contribution in [0, 0.1) is 65.6 Å². The van der Waals surface area contributed by atoms with Crippen molar-refractivity contribution in [3.63, 3.8) is 0 Å². The van der Waals surface area contributed by atoms with E-state index in [2.05, 4.69) is 53.4 Å². The molecule has 0 aromatic carbocycles. The molecule has 2 fully saturated rings. The second-order valence-electron chi connectivity index (χ2n) is 11.4. The van der Waals surface area contributed by atoms with Crippen LogP contribution in [0.4, 0.5) is 0 Å². The predicted molar refractivity (Wildman–Crippen MR) is 132 cm³/mol. The van der Waals surface area contributed by atoms with E-state index in [1.807, 2.05) is 0 Å². The van der Waals surface area contributed by atoms with Gasteiger partial charge in [0.1, 0.15) is 12.2 Å². The number of hydrogen-bond acceptors (Lipinski definition) is 4. The predicted octanol–water partition coefficient (Wildman–Crippen LogP) is 6.03. The number of terminal acetylenes is 2. The maximum atomic E-state index is 13.6. The van der Waals surface area contributed by atoms with Crippen LogP contribution >= 0.6 is 0 Å². The highest BCUT2D eigenvalue weighted by molar-refractivity contribution is 6.01. The van der Waals surface area contributed by atoms with Crippen LogP contribution in [0.2, 0.25) is 0 Å². The molecule has 184 valence electrons. The first kappa shape index (κ1) is 27.3. The Balaban J connectivity index is 2.30. The van der Waals surface area contributed by atoms with Crippen LogP contribution in [0.1, 0.15) is 92.9 Å². The van der Waals surface area contributed by atoms with Gasteiger partial charge in [0.25, 0.3) is 0 Å². The normalized spacial score (nSPS) is 30.4. The van der Waals surface area contributed by atoms with Crippen LogP contribution in [0.3, 0.4) is 0 Å². The quantitative estimate of drug-likeness (QED) is 0.254. The number of hydrogen-bond donors (Lipinski definition) is 0. The fourth-order valence-corrected chi connectivity index (χ4v) is 5.78. The van der Waals surface area contributed by atoms with E-state index < -0.39 is 17.4 Å². The zero-order valence-corrected chi connectivity index (χ0v) is 21.6. The van der Waals surface area contributed by atoms with Crippen molar-refractivity contribution in [2.24, 2.45) is 40.9 Å². The van der Waals surface area contributed by atoms with E-state index >= 15 is 0 Å². The maximum absolute atomic E-state index is 13.6. The third-order valence-electron chi connectivity index (χ3n) is 8.03. The van der Waals surface area contributed by atoms with Gasteiger partial charge in [0.2, 0.25) is 0 Å². The van der Waals surface area contributed by atoms with Crippen LogP contribution in [0.5, 0.6) is 0 Å². The van der Waals surface area contributed by atoms with Crippen LogP contribution in [0.15, 0.2) is 0 Å². The summed E-state index contributed by atoms with van der Waals surface area (Å²) in [6.07, 6.45) is 16.4. The molecular formula is C29H44O4. The number of rotatable bonds is 8. The van der Waals surface area contributed by atoms with Gasteiger partial charge in [0.15, 0.2) is 5.41 Å². The minimum absolute atomic E-state index is 0.113. The van der Waals surface area contributed by atoms with Crippen molar-refractivity contribution in [3.8, 4) is 24.7 Å². The Morgan fingerprint density at radius 1 is 0.788 bits per heavy atom. The molecule has 0 radical (unpaired) electrons. The Morgan fingerprint density at radius 3 is 1.45 bits per heavy atom. The van der Waals surface area contributed by atoms with Gasteiger partial charge in [-0.15, -0.1) is 24.7 Å². The van der Waals surface area contributed by atoms with Crippen LogP contribution in [0.25, 0.3) is 0 Å². The van der Waals surface area contributed by atoms with Crippen molar-refractivity contribution in [1.82, 2.24) is 0 Å². The molecule has 0 bridgehead atoms. The Kier molecular flexibility index (Phi) is 9.90. The zero-order valence-electron chi connectivity index (χ0n) is 21.6. The summed E-state index contributed by atoms with van der Waals surface area (Å²) in [6.45, 7) is 13.0. The molecule has 0 amide bonds. The van der Waals surface area contributed by atoms with Crippen LogP contribution in [-0.2, 0) is 19.1 Å². The largest absolute Gasteiger partial charge is 0.461 e. The van der Waals surface area contributed by atoms with Gasteiger partial charge in [-0.2, -0.15) is 0 Å². The monoisotopic (exact) mass is 456 g/mol. The lowest BCUT2D eigenvalue weighted by molar-refractivity contribution is -0.185. The molecule has 4 nitrogen and oxygen atoms in total. The van der Waals surface area contributed by atoms with E-state index in [9.17, 15) is 9.59 Å². The molecule has 0 aliphatic heterocycles. The van der Waals surface area contributed by atoms with Crippen LogP contribution in [-0.4, -0.2) is 24.1 Å². The lowest BCUT2D eigenvalue weighted by Gasteiger charge is -2.40. The summed E-state index contributed by atoms with van der Waals surface area (Å²) in [4.78, 5) is 27.3. The number of ether oxygens (including phenoxy) is 2. The Hall–Kier alpha value is -1.94. The fourth-order valence-electron chi connectivity index (χ4n) is 5.78. The van der Waals surface area contributed by atoms with Crippen molar-refractivity contribution < 1.29 is 19.1 Å². The summed E-state index contributed by atoms with van der Waals surface area (Å²) in [5.41, 5.74) is -1.64. The molecule has 0 unspecified atom stereocenters. The van der Waals surface area contributed by atoms with Crippen molar-refractivity contribution >= 4 is 11.9 Å². The summed E-state index contributed by atoms with van der Waals surface area (Å²) >= 11 is 0. The van der Waals surface area contributed by atoms with Crippen molar-refractivity contribution in [2.75, 3.05) is 0 Å². The summed E-state index contributed by atoms with van der Waals surface area (Å²) in [6, 6.07) is 0. The van der Waals surface area contributed by atoms with Gasteiger partial charge in [-0.3, -0.25) is 9.59 Å². The second kappa shape index (κ2) is 12.0. The van der Waals surface area contributed by atoms with Gasteiger partial charge in [-0.1, -0.05) is 54.4 Å². The van der Waals surface area contributed by atoms with Gasteiger partial charge in [-0.25, -0.2) is 0 Å². The first-order valence-corrected chi connectivity index (χ1v) is 12.8. The molecule has 33 heavy (non-hydrogen) atoms. The first-order valence-electron chi connectivity index (χ1n) is 12.8. The van der Waals surface area contributed by atoms with Crippen molar-refractivity contribution in [3.05, 3.63) is 0 Å². The molecule has 6 atom stereocenters. The highest BCUT2D eigenvalue weighted by Gasteiger charge is 2.51. The van der Waals surface area contributed by atoms with E-state index in [-0.39, 0.29) is 36.9 Å². The van der Waals surface area contributed by atoms with Crippen LogP contribution < -0.4 is 0 Å². The van der Waals surface area contributed by atoms with Gasteiger partial charge >= 0.3 is 11.9 Å². The molecule has 0 aromatic rings. The van der Waals surface area contributed by atoms with Gasteiger partial charge < -0.3 is 9.47 Å². The molecule has 0 heterocycles. The Morgan fingerprint density at radius 2 is 1.15 bits per heavy atom.